The number of aromatic amines is 1. The number of hydrogen-bond donors (Lipinski definition) is 1. The van der Waals surface area contributed by atoms with E-state index in [9.17, 15) is 4.79 Å². The van der Waals surface area contributed by atoms with Crippen LogP contribution in [0.4, 0.5) is 5.69 Å². The van der Waals surface area contributed by atoms with Crippen molar-refractivity contribution in [2.45, 2.75) is 12.8 Å². The van der Waals surface area contributed by atoms with E-state index in [0.717, 1.165) is 30.6 Å². The van der Waals surface area contributed by atoms with Crippen LogP contribution in [0.15, 0.2) is 48.5 Å². The number of rotatable bonds is 2. The Morgan fingerprint density at radius 1 is 1.13 bits per heavy atom. The highest BCUT2D eigenvalue weighted by Gasteiger charge is 2.23. The zero-order valence-corrected chi connectivity index (χ0v) is 12.4. The third kappa shape index (κ3) is 2.48. The topological polar surface area (TPSA) is 74.8 Å². The van der Waals surface area contributed by atoms with E-state index >= 15 is 0 Å². The number of carbonyl (C=O) groups is 1. The van der Waals surface area contributed by atoms with E-state index in [1.807, 2.05) is 47.4 Å². The zero-order valence-electron chi connectivity index (χ0n) is 12.4. The molecule has 1 N–H and O–H groups in total. The van der Waals surface area contributed by atoms with Crippen molar-refractivity contribution in [3.8, 4) is 11.4 Å². The molecule has 4 rings (SSSR count). The van der Waals surface area contributed by atoms with Crippen LogP contribution in [-0.2, 0) is 6.42 Å². The maximum Gasteiger partial charge on any atom is 0.258 e. The number of hydrogen-bond acceptors (Lipinski definition) is 4. The largest absolute Gasteiger partial charge is 0.308 e. The van der Waals surface area contributed by atoms with Crippen molar-refractivity contribution in [1.82, 2.24) is 20.6 Å². The number of carbonyl (C=O) groups excluding carboxylic acids is 1. The lowest BCUT2D eigenvalue weighted by Crippen LogP contribution is -2.35. The quantitative estimate of drug-likeness (QED) is 0.789. The molecule has 0 bridgehead atoms. The molecule has 1 aliphatic heterocycles. The second-order valence-electron chi connectivity index (χ2n) is 5.51. The highest BCUT2D eigenvalue weighted by molar-refractivity contribution is 6.07. The molecule has 0 fully saturated rings. The monoisotopic (exact) mass is 305 g/mol. The van der Waals surface area contributed by atoms with Gasteiger partial charge in [-0.25, -0.2) is 0 Å². The van der Waals surface area contributed by atoms with Crippen LogP contribution < -0.4 is 4.90 Å². The molecule has 0 saturated heterocycles. The molecule has 0 atom stereocenters. The lowest BCUT2D eigenvalue weighted by Gasteiger charge is -2.29. The summed E-state index contributed by atoms with van der Waals surface area (Å²) in [6.07, 6.45) is 2.00. The van der Waals surface area contributed by atoms with Gasteiger partial charge in [-0.05, 0) is 41.8 Å². The predicted molar refractivity (Wildman–Crippen MR) is 86.1 cm³/mol. The van der Waals surface area contributed by atoms with Gasteiger partial charge in [0.2, 0.25) is 5.82 Å². The first-order valence-corrected chi connectivity index (χ1v) is 7.56. The fraction of sp³-hybridized carbons (Fsp3) is 0.176. The summed E-state index contributed by atoms with van der Waals surface area (Å²) in [5.41, 5.74) is 3.63. The smallest absolute Gasteiger partial charge is 0.258 e. The van der Waals surface area contributed by atoms with Gasteiger partial charge in [0.15, 0.2) is 0 Å². The lowest BCUT2D eigenvalue weighted by molar-refractivity contribution is 0.0985. The Morgan fingerprint density at radius 2 is 2.04 bits per heavy atom. The molecule has 23 heavy (non-hydrogen) atoms. The number of amides is 1. The van der Waals surface area contributed by atoms with E-state index in [1.54, 1.807) is 0 Å². The number of tetrazole rings is 1. The Labute approximate surface area is 133 Å². The van der Waals surface area contributed by atoms with E-state index in [-0.39, 0.29) is 5.91 Å². The highest BCUT2D eigenvalue weighted by Crippen LogP contribution is 2.28. The molecule has 0 aliphatic carbocycles. The van der Waals surface area contributed by atoms with E-state index < -0.39 is 0 Å². The van der Waals surface area contributed by atoms with Gasteiger partial charge in [0.1, 0.15) is 0 Å². The van der Waals surface area contributed by atoms with Crippen molar-refractivity contribution in [3.63, 3.8) is 0 Å². The van der Waals surface area contributed by atoms with Crippen LogP contribution in [0.5, 0.6) is 0 Å². The maximum atomic E-state index is 12.9. The van der Waals surface area contributed by atoms with Crippen LogP contribution in [0.2, 0.25) is 0 Å². The molecule has 0 radical (unpaired) electrons. The molecule has 3 aromatic rings. The second-order valence-corrected chi connectivity index (χ2v) is 5.51. The van der Waals surface area contributed by atoms with Crippen LogP contribution in [-0.4, -0.2) is 33.1 Å². The molecule has 2 heterocycles. The minimum Gasteiger partial charge on any atom is -0.308 e. The van der Waals surface area contributed by atoms with E-state index in [4.69, 9.17) is 0 Å². The molecule has 1 amide bonds. The standard InChI is InChI=1S/C17H15N5O/c23-17(22-10-4-8-12-5-1-2-9-15(12)22)14-7-3-6-13(11-14)16-18-20-21-19-16/h1-3,5-7,9,11H,4,8,10H2,(H,18,19,20,21). The normalized spacial score (nSPS) is 13.7. The van der Waals surface area contributed by atoms with Gasteiger partial charge >= 0.3 is 0 Å². The Hall–Kier alpha value is -3.02. The molecule has 6 heteroatoms. The van der Waals surface area contributed by atoms with Crippen molar-refractivity contribution >= 4 is 11.6 Å². The average molecular weight is 305 g/mol. The number of anilines is 1. The molecule has 1 aliphatic rings. The van der Waals surface area contributed by atoms with Crippen LogP contribution in [0.1, 0.15) is 22.3 Å². The molecule has 114 valence electrons. The van der Waals surface area contributed by atoms with Gasteiger partial charge in [-0.3, -0.25) is 4.79 Å². The number of H-pyrrole nitrogens is 1. The highest BCUT2D eigenvalue weighted by atomic mass is 16.2. The van der Waals surface area contributed by atoms with Crippen LogP contribution in [0.3, 0.4) is 0 Å². The van der Waals surface area contributed by atoms with Gasteiger partial charge in [-0.2, -0.15) is 5.21 Å². The predicted octanol–water partition coefficient (Wildman–Crippen LogP) is 2.46. The van der Waals surface area contributed by atoms with Crippen molar-refractivity contribution in [2.75, 3.05) is 11.4 Å². The Kier molecular flexibility index (Phi) is 3.34. The lowest BCUT2D eigenvalue weighted by atomic mass is 10.0. The molecule has 2 aromatic carbocycles. The van der Waals surface area contributed by atoms with Gasteiger partial charge < -0.3 is 4.90 Å². The first-order valence-electron chi connectivity index (χ1n) is 7.56. The summed E-state index contributed by atoms with van der Waals surface area (Å²) in [4.78, 5) is 14.8. The number of benzene rings is 2. The number of nitrogens with zero attached hydrogens (tertiary/aromatic N) is 4. The SMILES string of the molecule is O=C(c1cccc(-c2nn[nH]n2)c1)N1CCCc2ccccc21. The summed E-state index contributed by atoms with van der Waals surface area (Å²) in [6, 6.07) is 15.4. The maximum absolute atomic E-state index is 12.9. The number of fused-ring (bicyclic) bond motifs is 1. The van der Waals surface area contributed by atoms with Gasteiger partial charge in [0, 0.05) is 23.4 Å². The Morgan fingerprint density at radius 3 is 2.91 bits per heavy atom. The van der Waals surface area contributed by atoms with Gasteiger partial charge in [-0.1, -0.05) is 30.3 Å². The van der Waals surface area contributed by atoms with Gasteiger partial charge in [-0.15, -0.1) is 10.2 Å². The Bertz CT molecular complexity index is 844. The van der Waals surface area contributed by atoms with Crippen molar-refractivity contribution in [2.24, 2.45) is 0 Å². The molecule has 0 saturated carbocycles. The third-order valence-electron chi connectivity index (χ3n) is 4.07. The summed E-state index contributed by atoms with van der Waals surface area (Å²) in [7, 11) is 0. The summed E-state index contributed by atoms with van der Waals surface area (Å²) in [5, 5.41) is 13.9. The summed E-state index contributed by atoms with van der Waals surface area (Å²) in [6.45, 7) is 0.738. The van der Waals surface area contributed by atoms with E-state index in [1.165, 1.54) is 5.56 Å². The molecule has 0 unspecified atom stereocenters. The number of nitrogens with one attached hydrogen (secondary N) is 1. The average Bonchev–Trinajstić information content (AvgIpc) is 3.15. The third-order valence-corrected chi connectivity index (χ3v) is 4.07. The first-order chi connectivity index (χ1) is 11.3. The van der Waals surface area contributed by atoms with E-state index in [0.29, 0.717) is 11.4 Å². The fourth-order valence-corrected chi connectivity index (χ4v) is 2.98. The van der Waals surface area contributed by atoms with E-state index in [2.05, 4.69) is 26.7 Å². The molecule has 1 aromatic heterocycles. The molecule has 6 nitrogen and oxygen atoms in total. The van der Waals surface area contributed by atoms with Crippen molar-refractivity contribution in [1.29, 1.82) is 0 Å². The van der Waals surface area contributed by atoms with Gasteiger partial charge in [0.25, 0.3) is 5.91 Å². The number of aryl methyl sites for hydroxylation is 1. The summed E-state index contributed by atoms with van der Waals surface area (Å²) in [5.74, 6) is 0.487. The van der Waals surface area contributed by atoms with Crippen LogP contribution in [0.25, 0.3) is 11.4 Å². The number of aromatic nitrogens is 4. The minimum absolute atomic E-state index is 0.00231. The number of para-hydroxylation sites is 1. The molecule has 0 spiro atoms. The first kappa shape index (κ1) is 13.6. The van der Waals surface area contributed by atoms with Crippen molar-refractivity contribution < 1.29 is 4.79 Å². The summed E-state index contributed by atoms with van der Waals surface area (Å²) >= 11 is 0. The fourth-order valence-electron chi connectivity index (χ4n) is 2.98. The van der Waals surface area contributed by atoms with Crippen LogP contribution >= 0.6 is 0 Å². The zero-order chi connectivity index (χ0) is 15.6. The molecular formula is C17H15N5O. The van der Waals surface area contributed by atoms with Crippen molar-refractivity contribution in [3.05, 3.63) is 59.7 Å². The minimum atomic E-state index is 0.00231. The second kappa shape index (κ2) is 5.64. The van der Waals surface area contributed by atoms with Gasteiger partial charge in [0.05, 0.1) is 0 Å². The Balaban J connectivity index is 1.69. The summed E-state index contributed by atoms with van der Waals surface area (Å²) < 4.78 is 0. The van der Waals surface area contributed by atoms with Crippen LogP contribution in [0, 0.1) is 0 Å². The molecular weight excluding hydrogens is 290 g/mol.